The molecule has 0 unspecified atom stereocenters. The van der Waals surface area contributed by atoms with Crippen LogP contribution < -0.4 is 5.56 Å². The summed E-state index contributed by atoms with van der Waals surface area (Å²) in [5.41, 5.74) is 0.185. The molecule has 4 rings (SSSR count). The monoisotopic (exact) mass is 367 g/mol. The Hall–Kier alpha value is -3.48. The summed E-state index contributed by atoms with van der Waals surface area (Å²) in [4.78, 5) is 37.1. The minimum absolute atomic E-state index is 0.134. The molecular formula is C20H14FNO5. The summed E-state index contributed by atoms with van der Waals surface area (Å²) < 4.78 is 24.6. The third kappa shape index (κ3) is 3.08. The molecule has 7 heteroatoms. The molecule has 0 N–H and O–H groups in total. The number of ether oxygens (including phenoxy) is 2. The molecule has 0 spiro atoms. The molecule has 0 aliphatic carbocycles. The maximum atomic E-state index is 13.2. The summed E-state index contributed by atoms with van der Waals surface area (Å²) in [6.07, 6.45) is 0.683. The van der Waals surface area contributed by atoms with Crippen LogP contribution >= 0.6 is 0 Å². The number of fused-ring (bicyclic) bond motifs is 1. The predicted molar refractivity (Wildman–Crippen MR) is 94.3 cm³/mol. The molecule has 1 aromatic heterocycles. The fourth-order valence-corrected chi connectivity index (χ4v) is 3.02. The van der Waals surface area contributed by atoms with Gasteiger partial charge in [0.2, 0.25) is 6.10 Å². The highest BCUT2D eigenvalue weighted by atomic mass is 19.1. The Morgan fingerprint density at radius 3 is 2.44 bits per heavy atom. The summed E-state index contributed by atoms with van der Waals surface area (Å²) >= 11 is 0. The summed E-state index contributed by atoms with van der Waals surface area (Å²) in [5.74, 6) is -1.75. The van der Waals surface area contributed by atoms with Crippen molar-refractivity contribution < 1.29 is 23.5 Å². The Kier molecular flexibility index (Phi) is 4.19. The Morgan fingerprint density at radius 2 is 1.78 bits per heavy atom. The van der Waals surface area contributed by atoms with Crippen LogP contribution in [0.3, 0.4) is 0 Å². The van der Waals surface area contributed by atoms with Gasteiger partial charge in [-0.2, -0.15) is 0 Å². The van der Waals surface area contributed by atoms with E-state index in [1.807, 2.05) is 0 Å². The highest BCUT2D eigenvalue weighted by Gasteiger charge is 2.31. The number of esters is 2. The number of halogens is 1. The zero-order valence-electron chi connectivity index (χ0n) is 14.1. The van der Waals surface area contributed by atoms with Crippen LogP contribution in [0, 0.1) is 5.82 Å². The minimum atomic E-state index is -0.956. The van der Waals surface area contributed by atoms with Crippen LogP contribution in [0.5, 0.6) is 0 Å². The number of nitrogens with zero attached hydrogens (tertiary/aromatic N) is 1. The van der Waals surface area contributed by atoms with Crippen molar-refractivity contribution in [1.82, 2.24) is 4.57 Å². The third-order valence-corrected chi connectivity index (χ3v) is 4.39. The van der Waals surface area contributed by atoms with Gasteiger partial charge in [-0.3, -0.25) is 9.36 Å². The first-order valence-electron chi connectivity index (χ1n) is 8.32. The maximum Gasteiger partial charge on any atom is 0.347 e. The molecule has 6 nitrogen and oxygen atoms in total. The number of hydrogen-bond acceptors (Lipinski definition) is 5. The first-order chi connectivity index (χ1) is 13.0. The van der Waals surface area contributed by atoms with Crippen LogP contribution in [-0.4, -0.2) is 29.2 Å². The van der Waals surface area contributed by atoms with Crippen molar-refractivity contribution in [3.8, 4) is 5.69 Å². The Morgan fingerprint density at radius 1 is 1.07 bits per heavy atom. The molecule has 2 heterocycles. The van der Waals surface area contributed by atoms with Gasteiger partial charge in [0.1, 0.15) is 5.82 Å². The van der Waals surface area contributed by atoms with Crippen molar-refractivity contribution in [1.29, 1.82) is 0 Å². The first-order valence-corrected chi connectivity index (χ1v) is 8.32. The quantitative estimate of drug-likeness (QED) is 0.665. The number of hydrogen-bond donors (Lipinski definition) is 0. The van der Waals surface area contributed by atoms with Gasteiger partial charge in [0.05, 0.1) is 12.2 Å². The van der Waals surface area contributed by atoms with E-state index < -0.39 is 23.9 Å². The highest BCUT2D eigenvalue weighted by Crippen LogP contribution is 2.21. The van der Waals surface area contributed by atoms with Gasteiger partial charge in [-0.1, -0.05) is 18.2 Å². The number of cyclic esters (lactones) is 1. The first kappa shape index (κ1) is 17.0. The zero-order valence-corrected chi connectivity index (χ0v) is 14.1. The molecule has 1 atom stereocenters. The van der Waals surface area contributed by atoms with Gasteiger partial charge in [0.25, 0.3) is 5.56 Å². The van der Waals surface area contributed by atoms with E-state index >= 15 is 0 Å². The molecule has 2 aromatic carbocycles. The predicted octanol–water partition coefficient (Wildman–Crippen LogP) is 2.60. The summed E-state index contributed by atoms with van der Waals surface area (Å²) in [6.45, 7) is 0.201. The topological polar surface area (TPSA) is 74.6 Å². The van der Waals surface area contributed by atoms with Crippen LogP contribution in [0.1, 0.15) is 16.8 Å². The van der Waals surface area contributed by atoms with Crippen LogP contribution in [0.25, 0.3) is 16.5 Å². The van der Waals surface area contributed by atoms with Crippen molar-refractivity contribution in [3.63, 3.8) is 0 Å². The Bertz CT molecular complexity index is 1100. The Balaban J connectivity index is 1.85. The molecule has 1 aliphatic heterocycles. The lowest BCUT2D eigenvalue weighted by atomic mass is 10.1. The fraction of sp³-hybridized carbons (Fsp3) is 0.150. The molecule has 1 saturated heterocycles. The van der Waals surface area contributed by atoms with Crippen molar-refractivity contribution >= 4 is 22.7 Å². The minimum Gasteiger partial charge on any atom is -0.463 e. The smallest absolute Gasteiger partial charge is 0.347 e. The normalized spacial score (nSPS) is 16.3. The molecule has 1 aliphatic rings. The second-order valence-electron chi connectivity index (χ2n) is 6.09. The summed E-state index contributed by atoms with van der Waals surface area (Å²) in [7, 11) is 0. The molecule has 0 radical (unpaired) electrons. The van der Waals surface area contributed by atoms with E-state index in [9.17, 15) is 18.8 Å². The second-order valence-corrected chi connectivity index (χ2v) is 6.09. The van der Waals surface area contributed by atoms with Crippen LogP contribution in [0.15, 0.2) is 59.5 Å². The second kappa shape index (κ2) is 6.68. The number of carbonyl (C=O) groups is 2. The average molecular weight is 367 g/mol. The average Bonchev–Trinajstić information content (AvgIpc) is 3.08. The lowest BCUT2D eigenvalue weighted by Gasteiger charge is -2.13. The molecular weight excluding hydrogens is 353 g/mol. The zero-order chi connectivity index (χ0) is 19.0. The molecule has 0 saturated carbocycles. The molecule has 0 amide bonds. The molecule has 27 heavy (non-hydrogen) atoms. The Labute approximate surface area is 152 Å². The van der Waals surface area contributed by atoms with Gasteiger partial charge in [0.15, 0.2) is 0 Å². The van der Waals surface area contributed by atoms with E-state index in [0.29, 0.717) is 22.9 Å². The van der Waals surface area contributed by atoms with Crippen molar-refractivity contribution in [2.75, 3.05) is 6.61 Å². The van der Waals surface area contributed by atoms with Gasteiger partial charge in [0, 0.05) is 29.1 Å². The standard InChI is InChI=1S/C20H14FNO5/c21-12-5-7-13(8-6-12)22-11-16(14-3-1-2-4-15(14)18(22)23)19(24)27-17-9-10-26-20(17)25/h1-8,11,17H,9-10H2/t17-/m0/s1. The van der Waals surface area contributed by atoms with Crippen LogP contribution in [0.4, 0.5) is 4.39 Å². The molecule has 0 bridgehead atoms. The number of carbonyl (C=O) groups excluding carboxylic acids is 2. The lowest BCUT2D eigenvalue weighted by molar-refractivity contribution is -0.145. The van der Waals surface area contributed by atoms with Gasteiger partial charge in [-0.05, 0) is 30.3 Å². The SMILES string of the molecule is O=C(O[C@H]1CCOC1=O)c1cn(-c2ccc(F)cc2)c(=O)c2ccccc12. The third-order valence-electron chi connectivity index (χ3n) is 4.39. The number of pyridine rings is 1. The summed E-state index contributed by atoms with van der Waals surface area (Å²) in [6, 6.07) is 11.9. The van der Waals surface area contributed by atoms with E-state index in [1.165, 1.54) is 35.0 Å². The molecule has 1 fully saturated rings. The fourth-order valence-electron chi connectivity index (χ4n) is 3.02. The maximum absolute atomic E-state index is 13.2. The number of benzene rings is 2. The van der Waals surface area contributed by atoms with Gasteiger partial charge in [-0.25, -0.2) is 14.0 Å². The highest BCUT2D eigenvalue weighted by molar-refractivity contribution is 6.04. The van der Waals surface area contributed by atoms with Gasteiger partial charge < -0.3 is 9.47 Å². The number of aromatic nitrogens is 1. The van der Waals surface area contributed by atoms with E-state index in [4.69, 9.17) is 9.47 Å². The van der Waals surface area contributed by atoms with Gasteiger partial charge >= 0.3 is 11.9 Å². The van der Waals surface area contributed by atoms with Gasteiger partial charge in [-0.15, -0.1) is 0 Å². The van der Waals surface area contributed by atoms with Crippen LogP contribution in [0.2, 0.25) is 0 Å². The summed E-state index contributed by atoms with van der Waals surface area (Å²) in [5, 5.41) is 0.725. The molecule has 3 aromatic rings. The van der Waals surface area contributed by atoms with E-state index in [1.54, 1.807) is 24.3 Å². The van der Waals surface area contributed by atoms with E-state index in [-0.39, 0.29) is 17.7 Å². The lowest BCUT2D eigenvalue weighted by Crippen LogP contribution is -2.25. The molecule has 136 valence electrons. The van der Waals surface area contributed by atoms with Crippen molar-refractivity contribution in [2.45, 2.75) is 12.5 Å². The van der Waals surface area contributed by atoms with Crippen molar-refractivity contribution in [3.05, 3.63) is 76.5 Å². The van der Waals surface area contributed by atoms with E-state index in [0.717, 1.165) is 0 Å². The number of rotatable bonds is 3. The van der Waals surface area contributed by atoms with Crippen LogP contribution in [-0.2, 0) is 14.3 Å². The van der Waals surface area contributed by atoms with Crippen molar-refractivity contribution in [2.24, 2.45) is 0 Å². The largest absolute Gasteiger partial charge is 0.463 e. The van der Waals surface area contributed by atoms with E-state index in [2.05, 4.69) is 0 Å².